The van der Waals surface area contributed by atoms with Crippen molar-refractivity contribution in [3.63, 3.8) is 0 Å². The minimum absolute atomic E-state index is 0.128. The van der Waals surface area contributed by atoms with Gasteiger partial charge < -0.3 is 14.7 Å². The van der Waals surface area contributed by atoms with Crippen molar-refractivity contribution in [1.82, 2.24) is 4.90 Å². The Morgan fingerprint density at radius 3 is 2.68 bits per heavy atom. The van der Waals surface area contributed by atoms with E-state index in [1.54, 1.807) is 4.90 Å². The van der Waals surface area contributed by atoms with Gasteiger partial charge in [-0.15, -0.1) is 11.8 Å². The number of carbonyl (C=O) groups excluding carboxylic acids is 1. The Kier molecular flexibility index (Phi) is 5.97. The van der Waals surface area contributed by atoms with E-state index in [1.807, 2.05) is 20.8 Å². The van der Waals surface area contributed by atoms with Gasteiger partial charge in [0.1, 0.15) is 5.60 Å². The van der Waals surface area contributed by atoms with Crippen LogP contribution in [0.25, 0.3) is 0 Å². The van der Waals surface area contributed by atoms with Crippen LogP contribution in [0.4, 0.5) is 4.79 Å². The summed E-state index contributed by atoms with van der Waals surface area (Å²) in [5.41, 5.74) is -0.470. The summed E-state index contributed by atoms with van der Waals surface area (Å²) < 4.78 is 5.35. The fraction of sp³-hybridized carbons (Fsp3) is 0.846. The molecule has 0 bridgehead atoms. The average molecular weight is 289 g/mol. The summed E-state index contributed by atoms with van der Waals surface area (Å²) in [6.07, 6.45) is 1.74. The van der Waals surface area contributed by atoms with Gasteiger partial charge in [-0.3, -0.25) is 4.79 Å². The van der Waals surface area contributed by atoms with Crippen molar-refractivity contribution in [3.8, 4) is 0 Å². The molecule has 1 saturated heterocycles. The molecule has 110 valence electrons. The number of aliphatic carboxylic acids is 1. The number of rotatable bonds is 4. The first-order valence-electron chi connectivity index (χ1n) is 6.55. The second-order valence-corrected chi connectivity index (χ2v) is 6.87. The molecule has 1 heterocycles. The summed E-state index contributed by atoms with van der Waals surface area (Å²) in [5, 5.41) is 8.61. The molecular formula is C13H23NO4S. The summed E-state index contributed by atoms with van der Waals surface area (Å²) in [5.74, 6) is 0.490. The number of piperidine rings is 1. The first kappa shape index (κ1) is 16.1. The van der Waals surface area contributed by atoms with Gasteiger partial charge in [-0.25, -0.2) is 4.79 Å². The third-order valence-electron chi connectivity index (χ3n) is 2.75. The number of carboxylic acids is 1. The van der Waals surface area contributed by atoms with Crippen molar-refractivity contribution in [2.24, 2.45) is 5.92 Å². The summed E-state index contributed by atoms with van der Waals surface area (Å²) in [6, 6.07) is 0. The van der Waals surface area contributed by atoms with Crippen LogP contribution in [0.5, 0.6) is 0 Å². The van der Waals surface area contributed by atoms with E-state index in [2.05, 4.69) is 0 Å². The van der Waals surface area contributed by atoms with Crippen molar-refractivity contribution in [1.29, 1.82) is 0 Å². The highest BCUT2D eigenvalue weighted by Crippen LogP contribution is 2.22. The first-order valence-corrected chi connectivity index (χ1v) is 7.71. The Labute approximate surface area is 118 Å². The lowest BCUT2D eigenvalue weighted by atomic mass is 10.0. The molecule has 0 aromatic carbocycles. The van der Waals surface area contributed by atoms with E-state index >= 15 is 0 Å². The van der Waals surface area contributed by atoms with E-state index < -0.39 is 11.6 Å². The van der Waals surface area contributed by atoms with Gasteiger partial charge in [-0.1, -0.05) is 0 Å². The van der Waals surface area contributed by atoms with Crippen LogP contribution in [-0.4, -0.2) is 52.3 Å². The molecule has 5 nitrogen and oxygen atoms in total. The van der Waals surface area contributed by atoms with Gasteiger partial charge in [-0.05, 0) is 45.3 Å². The molecule has 1 rings (SSSR count). The van der Waals surface area contributed by atoms with E-state index in [-0.39, 0.29) is 11.8 Å². The summed E-state index contributed by atoms with van der Waals surface area (Å²) in [4.78, 5) is 24.1. The highest BCUT2D eigenvalue weighted by atomic mass is 32.2. The largest absolute Gasteiger partial charge is 0.481 e. The zero-order valence-electron chi connectivity index (χ0n) is 11.8. The van der Waals surface area contributed by atoms with Crippen LogP contribution in [0.3, 0.4) is 0 Å². The molecule has 6 heteroatoms. The maximum absolute atomic E-state index is 11.9. The van der Waals surface area contributed by atoms with Gasteiger partial charge in [0, 0.05) is 13.1 Å². The molecule has 1 fully saturated rings. The molecule has 0 unspecified atom stereocenters. The Hall–Kier alpha value is -0.910. The van der Waals surface area contributed by atoms with Gasteiger partial charge in [-0.2, -0.15) is 0 Å². The van der Waals surface area contributed by atoms with E-state index in [9.17, 15) is 9.59 Å². The quantitative estimate of drug-likeness (QED) is 0.861. The van der Waals surface area contributed by atoms with Crippen LogP contribution in [0.15, 0.2) is 0 Å². The number of carboxylic acid groups (broad SMARTS) is 1. The normalized spacial score (nSPS) is 20.2. The smallest absolute Gasteiger partial charge is 0.410 e. The molecule has 1 atom stereocenters. The molecule has 1 aliphatic rings. The standard InChI is InChI=1S/C13H23NO4S/c1-13(2,3)18-12(17)14-6-4-5-10(7-14)8-19-9-11(15)16/h10H,4-9H2,1-3H3,(H,15,16)/t10-/m1/s1. The summed E-state index contributed by atoms with van der Waals surface area (Å²) >= 11 is 1.42. The van der Waals surface area contributed by atoms with Crippen LogP contribution in [0.2, 0.25) is 0 Å². The van der Waals surface area contributed by atoms with Gasteiger partial charge in [0.25, 0.3) is 0 Å². The highest BCUT2D eigenvalue weighted by molar-refractivity contribution is 7.99. The lowest BCUT2D eigenvalue weighted by Gasteiger charge is -2.34. The molecule has 0 radical (unpaired) electrons. The summed E-state index contributed by atoms with van der Waals surface area (Å²) in [6.45, 7) is 6.97. The Bertz CT molecular complexity index is 327. The van der Waals surface area contributed by atoms with Crippen LogP contribution < -0.4 is 0 Å². The first-order chi connectivity index (χ1) is 8.78. The van der Waals surface area contributed by atoms with E-state index in [4.69, 9.17) is 9.84 Å². The zero-order chi connectivity index (χ0) is 14.5. The Balaban J connectivity index is 2.37. The number of amides is 1. The minimum Gasteiger partial charge on any atom is -0.481 e. The molecular weight excluding hydrogens is 266 g/mol. The number of carbonyl (C=O) groups is 2. The number of ether oxygens (including phenoxy) is 1. The average Bonchev–Trinajstić information content (AvgIpc) is 2.26. The van der Waals surface area contributed by atoms with E-state index in [0.717, 1.165) is 25.1 Å². The number of hydrogen-bond acceptors (Lipinski definition) is 4. The van der Waals surface area contributed by atoms with Crippen LogP contribution in [-0.2, 0) is 9.53 Å². The fourth-order valence-electron chi connectivity index (χ4n) is 2.01. The molecule has 1 aliphatic heterocycles. The van der Waals surface area contributed by atoms with Gasteiger partial charge in [0.05, 0.1) is 5.75 Å². The number of likely N-dealkylation sites (tertiary alicyclic amines) is 1. The lowest BCUT2D eigenvalue weighted by Crippen LogP contribution is -2.43. The van der Waals surface area contributed by atoms with E-state index in [0.29, 0.717) is 12.5 Å². The molecule has 0 aromatic rings. The van der Waals surface area contributed by atoms with E-state index in [1.165, 1.54) is 11.8 Å². The number of thioether (sulfide) groups is 1. The van der Waals surface area contributed by atoms with Crippen molar-refractivity contribution in [3.05, 3.63) is 0 Å². The maximum atomic E-state index is 11.9. The van der Waals surface area contributed by atoms with Crippen molar-refractivity contribution >= 4 is 23.8 Å². The van der Waals surface area contributed by atoms with Crippen molar-refractivity contribution < 1.29 is 19.4 Å². The second-order valence-electron chi connectivity index (χ2n) is 5.84. The van der Waals surface area contributed by atoms with Crippen LogP contribution in [0, 0.1) is 5.92 Å². The van der Waals surface area contributed by atoms with Crippen molar-refractivity contribution in [2.45, 2.75) is 39.2 Å². The predicted molar refractivity (Wildman–Crippen MR) is 75.5 cm³/mol. The zero-order valence-corrected chi connectivity index (χ0v) is 12.7. The molecule has 19 heavy (non-hydrogen) atoms. The third-order valence-corrected chi connectivity index (χ3v) is 3.91. The molecule has 0 aromatic heterocycles. The topological polar surface area (TPSA) is 66.8 Å². The number of hydrogen-bond donors (Lipinski definition) is 1. The van der Waals surface area contributed by atoms with Crippen LogP contribution in [0.1, 0.15) is 33.6 Å². The molecule has 0 saturated carbocycles. The Morgan fingerprint density at radius 1 is 1.42 bits per heavy atom. The monoisotopic (exact) mass is 289 g/mol. The third kappa shape index (κ3) is 6.71. The highest BCUT2D eigenvalue weighted by Gasteiger charge is 2.27. The molecule has 0 spiro atoms. The summed E-state index contributed by atoms with van der Waals surface area (Å²) in [7, 11) is 0. The molecule has 0 aliphatic carbocycles. The lowest BCUT2D eigenvalue weighted by molar-refractivity contribution is -0.133. The molecule has 1 N–H and O–H groups in total. The predicted octanol–water partition coefficient (Wildman–Crippen LogP) is 2.45. The maximum Gasteiger partial charge on any atom is 0.410 e. The van der Waals surface area contributed by atoms with Gasteiger partial charge in [0.2, 0.25) is 0 Å². The van der Waals surface area contributed by atoms with Gasteiger partial charge >= 0.3 is 12.1 Å². The molecule has 1 amide bonds. The minimum atomic E-state index is -0.787. The van der Waals surface area contributed by atoms with Gasteiger partial charge in [0.15, 0.2) is 0 Å². The fourth-order valence-corrected chi connectivity index (χ4v) is 2.90. The number of nitrogens with zero attached hydrogens (tertiary/aromatic N) is 1. The Morgan fingerprint density at radius 2 is 2.11 bits per heavy atom. The van der Waals surface area contributed by atoms with Crippen LogP contribution >= 0.6 is 11.8 Å². The second kappa shape index (κ2) is 7.03. The SMILES string of the molecule is CC(C)(C)OC(=O)N1CCC[C@@H](CSCC(=O)O)C1. The van der Waals surface area contributed by atoms with Crippen molar-refractivity contribution in [2.75, 3.05) is 24.6 Å².